The first kappa shape index (κ1) is 33.6. The second-order valence-corrected chi connectivity index (χ2v) is 10.6. The highest BCUT2D eigenvalue weighted by Crippen LogP contribution is 2.32. The van der Waals surface area contributed by atoms with Crippen LogP contribution in [0.15, 0.2) is 27.9 Å². The van der Waals surface area contributed by atoms with E-state index < -0.39 is 17.1 Å². The van der Waals surface area contributed by atoms with Gasteiger partial charge in [0.2, 0.25) is 0 Å². The Morgan fingerprint density at radius 2 is 1.85 bits per heavy atom. The molecule has 0 radical (unpaired) electrons. The quantitative estimate of drug-likeness (QED) is 0.328. The van der Waals surface area contributed by atoms with Crippen LogP contribution >= 0.6 is 0 Å². The molecule has 0 aliphatic carbocycles. The predicted molar refractivity (Wildman–Crippen MR) is 160 cm³/mol. The average Bonchev–Trinajstić information content (AvgIpc) is 3.30. The molecule has 11 heteroatoms. The molecule has 1 saturated heterocycles. The summed E-state index contributed by atoms with van der Waals surface area (Å²) in [6.45, 7) is 15.3. The first-order chi connectivity index (χ1) is 19.4. The molecule has 40 heavy (non-hydrogen) atoms. The van der Waals surface area contributed by atoms with Crippen LogP contribution in [0.25, 0.3) is 16.9 Å². The number of hydrogen-bond acceptors (Lipinski definition) is 7. The zero-order valence-electron chi connectivity index (χ0n) is 25.1. The lowest BCUT2D eigenvalue weighted by Crippen LogP contribution is -2.39. The maximum Gasteiger partial charge on any atom is 0.277 e. The largest absolute Gasteiger partial charge is 0.493 e. The fourth-order valence-corrected chi connectivity index (χ4v) is 6.01. The Morgan fingerprint density at radius 1 is 1.18 bits per heavy atom. The van der Waals surface area contributed by atoms with Gasteiger partial charge in [-0.15, -0.1) is 5.10 Å². The smallest absolute Gasteiger partial charge is 0.277 e. The normalized spacial score (nSPS) is 15.5. The Balaban J connectivity index is 0.00000134. The van der Waals surface area contributed by atoms with Gasteiger partial charge in [-0.25, -0.2) is 18.0 Å². The fraction of sp³-hybridized carbons (Fsp3) is 0.621. The van der Waals surface area contributed by atoms with Gasteiger partial charge in [0.25, 0.3) is 5.56 Å². The number of aliphatic hydroxyl groups is 2. The number of benzene rings is 1. The van der Waals surface area contributed by atoms with Gasteiger partial charge in [-0.05, 0) is 63.6 Å². The van der Waals surface area contributed by atoms with E-state index in [9.17, 15) is 14.1 Å². The van der Waals surface area contributed by atoms with Gasteiger partial charge in [0, 0.05) is 26.1 Å². The summed E-state index contributed by atoms with van der Waals surface area (Å²) in [6.07, 6.45) is 2.81. The molecule has 10 nitrogen and oxygen atoms in total. The van der Waals surface area contributed by atoms with Gasteiger partial charge >= 0.3 is 0 Å². The maximum atomic E-state index is 13.5. The number of ether oxygens (including phenoxy) is 1. The fourth-order valence-electron chi connectivity index (χ4n) is 4.77. The number of aryl methyl sites for hydroxylation is 2. The molecule has 3 heterocycles. The Kier molecular flexibility index (Phi) is 14.0. The number of aromatic amines is 1. The van der Waals surface area contributed by atoms with Crippen LogP contribution in [0.3, 0.4) is 0 Å². The highest BCUT2D eigenvalue weighted by molar-refractivity contribution is 7.82. The first-order valence-corrected chi connectivity index (χ1v) is 15.7. The summed E-state index contributed by atoms with van der Waals surface area (Å²) in [7, 11) is -1.43. The minimum absolute atomic E-state index is 0.0389. The molecule has 2 aromatic heterocycles. The number of rotatable bonds is 10. The molecule has 0 spiro atoms. The lowest BCUT2D eigenvalue weighted by Gasteiger charge is -2.33. The summed E-state index contributed by atoms with van der Waals surface area (Å²) < 4.78 is 22.8. The average molecular weight is 578 g/mol. The van der Waals surface area contributed by atoms with E-state index in [1.807, 2.05) is 45.8 Å². The van der Waals surface area contributed by atoms with Gasteiger partial charge in [0.05, 0.1) is 28.9 Å². The molecule has 1 aromatic carbocycles. The van der Waals surface area contributed by atoms with Crippen LogP contribution in [0.1, 0.15) is 78.7 Å². The molecular formula is C29H47N5O5S. The van der Waals surface area contributed by atoms with Crippen LogP contribution in [0.5, 0.6) is 5.75 Å². The highest BCUT2D eigenvalue weighted by atomic mass is 32.2. The van der Waals surface area contributed by atoms with Gasteiger partial charge in [0.15, 0.2) is 11.3 Å². The molecule has 4 rings (SSSR count). The van der Waals surface area contributed by atoms with E-state index in [-0.39, 0.29) is 18.1 Å². The molecule has 2 unspecified atom stereocenters. The van der Waals surface area contributed by atoms with Gasteiger partial charge < -0.3 is 19.9 Å². The third-order valence-electron chi connectivity index (χ3n) is 6.63. The van der Waals surface area contributed by atoms with E-state index in [0.29, 0.717) is 78.6 Å². The van der Waals surface area contributed by atoms with Crippen LogP contribution < -0.4 is 10.3 Å². The van der Waals surface area contributed by atoms with Gasteiger partial charge in [-0.2, -0.15) is 0 Å². The number of nitrogens with one attached hydrogen (secondary N) is 1. The van der Waals surface area contributed by atoms with E-state index in [4.69, 9.17) is 14.9 Å². The van der Waals surface area contributed by atoms with Gasteiger partial charge in [0.1, 0.15) is 22.6 Å². The predicted octanol–water partition coefficient (Wildman–Crippen LogP) is 4.27. The number of nitrogens with zero attached hydrogens (tertiary/aromatic N) is 4. The summed E-state index contributed by atoms with van der Waals surface area (Å²) in [4.78, 5) is 21.0. The van der Waals surface area contributed by atoms with Crippen LogP contribution in [0.4, 0.5) is 0 Å². The topological polar surface area (TPSA) is 133 Å². The van der Waals surface area contributed by atoms with E-state index in [1.165, 1.54) is 0 Å². The molecule has 224 valence electrons. The third-order valence-corrected chi connectivity index (χ3v) is 8.12. The number of aliphatic hydroxyl groups excluding tert-OH is 2. The Morgan fingerprint density at radius 3 is 2.45 bits per heavy atom. The summed E-state index contributed by atoms with van der Waals surface area (Å²) >= 11 is 0. The van der Waals surface area contributed by atoms with Crippen molar-refractivity contribution in [2.45, 2.75) is 91.6 Å². The van der Waals surface area contributed by atoms with Crippen LogP contribution in [-0.4, -0.2) is 70.7 Å². The van der Waals surface area contributed by atoms with Crippen LogP contribution in [-0.2, 0) is 17.4 Å². The first-order valence-electron chi connectivity index (χ1n) is 14.6. The van der Waals surface area contributed by atoms with Crippen molar-refractivity contribution in [3.8, 4) is 17.1 Å². The molecule has 3 N–H and O–H groups in total. The maximum absolute atomic E-state index is 13.5. The second kappa shape index (κ2) is 16.6. The molecule has 1 fully saturated rings. The van der Waals surface area contributed by atoms with Crippen molar-refractivity contribution in [1.29, 1.82) is 0 Å². The van der Waals surface area contributed by atoms with E-state index >= 15 is 0 Å². The molecule has 0 amide bonds. The third kappa shape index (κ3) is 7.78. The second-order valence-electron chi connectivity index (χ2n) is 9.11. The minimum Gasteiger partial charge on any atom is -0.493 e. The van der Waals surface area contributed by atoms with E-state index in [2.05, 4.69) is 9.97 Å². The summed E-state index contributed by atoms with van der Waals surface area (Å²) in [5.41, 5.74) is 1.32. The zero-order valence-corrected chi connectivity index (χ0v) is 25.9. The lowest BCUT2D eigenvalue weighted by atomic mass is 9.91. The summed E-state index contributed by atoms with van der Waals surface area (Å²) in [6, 6.07) is 5.30. The van der Waals surface area contributed by atoms with Crippen LogP contribution in [0.2, 0.25) is 0 Å². The number of imidazole rings is 1. The Hall–Kier alpha value is -2.60. The highest BCUT2D eigenvalue weighted by Gasteiger charge is 2.28. The van der Waals surface area contributed by atoms with Crippen LogP contribution in [0, 0.1) is 12.8 Å². The molecule has 0 bridgehead atoms. The standard InChI is InChI=1S/C25H35N5O5S.2C2H6/c1-4-6-22-26-16(3)23-25(33)27-24(28-30(22)23)19-15-18(7-8-21(19)35-5-2)36(34)29-12-9-17(10-13-29)20(32)11-14-31;2*1-2/h7-8,15,17,20,31-32H,4-6,9-14H2,1-3H3,(H,27,28,33);2*1-2H3. The molecule has 3 aromatic rings. The minimum atomic E-state index is -1.43. The van der Waals surface area contributed by atoms with E-state index in [0.717, 1.165) is 12.2 Å². The number of piperidine rings is 1. The Labute approximate surface area is 240 Å². The van der Waals surface area contributed by atoms with Crippen molar-refractivity contribution in [3.63, 3.8) is 0 Å². The lowest BCUT2D eigenvalue weighted by molar-refractivity contribution is 0.0550. The zero-order chi connectivity index (χ0) is 29.8. The van der Waals surface area contributed by atoms with Crippen molar-refractivity contribution >= 4 is 16.5 Å². The molecular weight excluding hydrogens is 530 g/mol. The molecule has 0 saturated carbocycles. The van der Waals surface area contributed by atoms with Crippen molar-refractivity contribution in [2.24, 2.45) is 5.92 Å². The molecule has 1 aliphatic rings. The Bertz CT molecular complexity index is 1280. The SMILES string of the molecule is CC.CC.CCCc1nc(C)c2c(=O)[nH]c(-c3cc(S(=O)N4CCC(C(O)CCO)CC4)ccc3OCC)nn12. The molecule has 1 aliphatic heterocycles. The summed E-state index contributed by atoms with van der Waals surface area (Å²) in [5.74, 6) is 1.69. The van der Waals surface area contributed by atoms with Crippen molar-refractivity contribution in [3.05, 3.63) is 40.1 Å². The molecule has 2 atom stereocenters. The monoisotopic (exact) mass is 577 g/mol. The van der Waals surface area contributed by atoms with Gasteiger partial charge in [-0.1, -0.05) is 34.6 Å². The number of H-pyrrole nitrogens is 1. The number of hydrogen-bond donors (Lipinski definition) is 3. The van der Waals surface area contributed by atoms with Crippen molar-refractivity contribution in [2.75, 3.05) is 26.3 Å². The summed E-state index contributed by atoms with van der Waals surface area (Å²) in [5, 5.41) is 24.0. The van der Waals surface area contributed by atoms with Crippen molar-refractivity contribution < 1.29 is 19.2 Å². The van der Waals surface area contributed by atoms with Gasteiger partial charge in [-0.3, -0.25) is 4.79 Å². The number of fused-ring (bicyclic) bond motifs is 1. The van der Waals surface area contributed by atoms with E-state index in [1.54, 1.807) is 29.6 Å². The van der Waals surface area contributed by atoms with Crippen molar-refractivity contribution in [1.82, 2.24) is 23.9 Å². The number of aromatic nitrogens is 4.